The molecule has 1 aliphatic heterocycles. The highest BCUT2D eigenvalue weighted by Gasteiger charge is 2.32. The molecule has 5 nitrogen and oxygen atoms in total. The Bertz CT molecular complexity index is 1030. The van der Waals surface area contributed by atoms with Crippen molar-refractivity contribution in [3.63, 3.8) is 0 Å². The standard InChI is InChI=1S/C24H22N2O3/c1-17(27)26-16-23(29-22-14-8-7-13-21(22)26)24(28)25-20-12-6-5-11-19(20)15-18-9-3-2-4-10-18/h2-14,23H,15-16H2,1H3,(H,25,28). The lowest BCUT2D eigenvalue weighted by Gasteiger charge is -2.33. The first-order valence-corrected chi connectivity index (χ1v) is 9.58. The molecule has 0 bridgehead atoms. The summed E-state index contributed by atoms with van der Waals surface area (Å²) in [5.74, 6) is 0.140. The first kappa shape index (κ1) is 18.7. The zero-order valence-electron chi connectivity index (χ0n) is 16.2. The van der Waals surface area contributed by atoms with E-state index in [1.165, 1.54) is 12.5 Å². The molecule has 0 radical (unpaired) electrons. The minimum atomic E-state index is -0.779. The largest absolute Gasteiger partial charge is 0.476 e. The predicted octanol–water partition coefficient (Wildman–Crippen LogP) is 4.03. The van der Waals surface area contributed by atoms with E-state index < -0.39 is 6.10 Å². The number of carbonyl (C=O) groups excluding carboxylic acids is 2. The number of anilines is 2. The van der Waals surface area contributed by atoms with E-state index >= 15 is 0 Å². The molecule has 146 valence electrons. The maximum Gasteiger partial charge on any atom is 0.267 e. The minimum Gasteiger partial charge on any atom is -0.476 e. The number of para-hydroxylation sites is 3. The number of rotatable bonds is 4. The average molecular weight is 386 g/mol. The first-order valence-electron chi connectivity index (χ1n) is 9.58. The van der Waals surface area contributed by atoms with Crippen LogP contribution >= 0.6 is 0 Å². The van der Waals surface area contributed by atoms with Crippen LogP contribution in [-0.2, 0) is 16.0 Å². The highest BCUT2D eigenvalue weighted by Crippen LogP contribution is 2.33. The normalized spacial score (nSPS) is 15.2. The van der Waals surface area contributed by atoms with Crippen molar-refractivity contribution in [1.82, 2.24) is 0 Å². The molecule has 0 aromatic heterocycles. The Labute approximate surface area is 169 Å². The second-order valence-corrected chi connectivity index (χ2v) is 7.01. The molecule has 0 aliphatic carbocycles. The molecular weight excluding hydrogens is 364 g/mol. The van der Waals surface area contributed by atoms with Gasteiger partial charge in [0.25, 0.3) is 5.91 Å². The van der Waals surface area contributed by atoms with Gasteiger partial charge in [0.05, 0.1) is 12.2 Å². The fraction of sp³-hybridized carbons (Fsp3) is 0.167. The smallest absolute Gasteiger partial charge is 0.267 e. The number of hydrogen-bond acceptors (Lipinski definition) is 3. The lowest BCUT2D eigenvalue weighted by molar-refractivity contribution is -0.123. The molecule has 0 saturated carbocycles. The summed E-state index contributed by atoms with van der Waals surface area (Å²) in [6, 6.07) is 25.1. The predicted molar refractivity (Wildman–Crippen MR) is 113 cm³/mol. The number of fused-ring (bicyclic) bond motifs is 1. The van der Waals surface area contributed by atoms with Crippen molar-refractivity contribution in [2.45, 2.75) is 19.4 Å². The van der Waals surface area contributed by atoms with Crippen LogP contribution in [0.1, 0.15) is 18.1 Å². The van der Waals surface area contributed by atoms with Crippen molar-refractivity contribution in [2.24, 2.45) is 0 Å². The Morgan fingerprint density at radius 1 is 0.966 bits per heavy atom. The van der Waals surface area contributed by atoms with Crippen molar-refractivity contribution in [3.8, 4) is 5.75 Å². The number of nitrogens with one attached hydrogen (secondary N) is 1. The average Bonchev–Trinajstić information content (AvgIpc) is 2.75. The Morgan fingerprint density at radius 3 is 2.45 bits per heavy atom. The van der Waals surface area contributed by atoms with Gasteiger partial charge >= 0.3 is 0 Å². The summed E-state index contributed by atoms with van der Waals surface area (Å²) >= 11 is 0. The molecule has 0 spiro atoms. The number of carbonyl (C=O) groups is 2. The second-order valence-electron chi connectivity index (χ2n) is 7.01. The molecule has 4 rings (SSSR count). The Balaban J connectivity index is 1.54. The second kappa shape index (κ2) is 8.19. The van der Waals surface area contributed by atoms with Crippen LogP contribution in [0.3, 0.4) is 0 Å². The molecule has 5 heteroatoms. The Morgan fingerprint density at radius 2 is 1.66 bits per heavy atom. The monoisotopic (exact) mass is 386 g/mol. The van der Waals surface area contributed by atoms with E-state index in [0.717, 1.165) is 11.3 Å². The quantitative estimate of drug-likeness (QED) is 0.737. The number of hydrogen-bond donors (Lipinski definition) is 1. The van der Waals surface area contributed by atoms with Gasteiger partial charge in [0.15, 0.2) is 6.10 Å². The van der Waals surface area contributed by atoms with Gasteiger partial charge in [-0.2, -0.15) is 0 Å². The van der Waals surface area contributed by atoms with Crippen molar-refractivity contribution in [1.29, 1.82) is 0 Å². The van der Waals surface area contributed by atoms with E-state index in [0.29, 0.717) is 17.9 Å². The zero-order valence-corrected chi connectivity index (χ0v) is 16.2. The summed E-state index contributed by atoms with van der Waals surface area (Å²) in [5.41, 5.74) is 3.62. The molecule has 1 heterocycles. The summed E-state index contributed by atoms with van der Waals surface area (Å²) in [6.45, 7) is 1.67. The fourth-order valence-corrected chi connectivity index (χ4v) is 3.49. The number of nitrogens with zero attached hydrogens (tertiary/aromatic N) is 1. The zero-order chi connectivity index (χ0) is 20.2. The van der Waals surface area contributed by atoms with Crippen molar-refractivity contribution in [3.05, 3.63) is 90.0 Å². The Hall–Kier alpha value is -3.60. The Kier molecular flexibility index (Phi) is 5.29. The van der Waals surface area contributed by atoms with Crippen LogP contribution < -0.4 is 15.0 Å². The lowest BCUT2D eigenvalue weighted by Crippen LogP contribution is -2.48. The molecule has 0 fully saturated rings. The van der Waals surface area contributed by atoms with Crippen LogP contribution in [-0.4, -0.2) is 24.5 Å². The van der Waals surface area contributed by atoms with Crippen LogP contribution in [0.5, 0.6) is 5.75 Å². The van der Waals surface area contributed by atoms with Gasteiger partial charge in [-0.25, -0.2) is 0 Å². The molecule has 1 N–H and O–H groups in total. The lowest BCUT2D eigenvalue weighted by atomic mass is 10.0. The van der Waals surface area contributed by atoms with E-state index in [2.05, 4.69) is 17.4 Å². The van der Waals surface area contributed by atoms with Gasteiger partial charge in [0.2, 0.25) is 5.91 Å². The number of amides is 2. The first-order chi connectivity index (χ1) is 14.1. The van der Waals surface area contributed by atoms with Crippen molar-refractivity contribution < 1.29 is 14.3 Å². The van der Waals surface area contributed by atoms with E-state index in [1.807, 2.05) is 60.7 Å². The molecule has 0 saturated heterocycles. The van der Waals surface area contributed by atoms with E-state index in [4.69, 9.17) is 4.74 Å². The van der Waals surface area contributed by atoms with E-state index in [9.17, 15) is 9.59 Å². The number of benzene rings is 3. The summed E-state index contributed by atoms with van der Waals surface area (Å²) in [7, 11) is 0. The molecule has 1 atom stereocenters. The third kappa shape index (κ3) is 4.14. The molecule has 1 aliphatic rings. The van der Waals surface area contributed by atoms with Crippen LogP contribution in [0.25, 0.3) is 0 Å². The summed E-state index contributed by atoms with van der Waals surface area (Å²) in [4.78, 5) is 26.6. The van der Waals surface area contributed by atoms with Gasteiger partial charge in [-0.3, -0.25) is 9.59 Å². The summed E-state index contributed by atoms with van der Waals surface area (Å²) in [5, 5.41) is 2.99. The highest BCUT2D eigenvalue weighted by molar-refractivity contribution is 5.99. The van der Waals surface area contributed by atoms with E-state index in [1.54, 1.807) is 11.0 Å². The maximum atomic E-state index is 13.0. The van der Waals surface area contributed by atoms with Gasteiger partial charge in [-0.05, 0) is 35.7 Å². The number of ether oxygens (including phenoxy) is 1. The van der Waals surface area contributed by atoms with Gasteiger partial charge < -0.3 is 15.0 Å². The van der Waals surface area contributed by atoms with Gasteiger partial charge in [-0.1, -0.05) is 60.7 Å². The highest BCUT2D eigenvalue weighted by atomic mass is 16.5. The minimum absolute atomic E-state index is 0.122. The van der Waals surface area contributed by atoms with Crippen molar-refractivity contribution in [2.75, 3.05) is 16.8 Å². The topological polar surface area (TPSA) is 58.6 Å². The fourth-order valence-electron chi connectivity index (χ4n) is 3.49. The van der Waals surface area contributed by atoms with Crippen LogP contribution in [0.15, 0.2) is 78.9 Å². The van der Waals surface area contributed by atoms with Crippen molar-refractivity contribution >= 4 is 23.2 Å². The molecule has 29 heavy (non-hydrogen) atoms. The summed E-state index contributed by atoms with van der Waals surface area (Å²) < 4.78 is 5.90. The molecule has 2 amide bonds. The molecule has 3 aromatic rings. The summed E-state index contributed by atoms with van der Waals surface area (Å²) in [6.07, 6.45) is -0.0656. The van der Waals surface area contributed by atoms with Crippen LogP contribution in [0.4, 0.5) is 11.4 Å². The van der Waals surface area contributed by atoms with Crippen LogP contribution in [0, 0.1) is 0 Å². The third-order valence-corrected chi connectivity index (χ3v) is 4.96. The molecule has 3 aromatic carbocycles. The van der Waals surface area contributed by atoms with Gasteiger partial charge in [-0.15, -0.1) is 0 Å². The molecule has 1 unspecified atom stereocenters. The van der Waals surface area contributed by atoms with Gasteiger partial charge in [0.1, 0.15) is 5.75 Å². The maximum absolute atomic E-state index is 13.0. The van der Waals surface area contributed by atoms with Gasteiger partial charge in [0, 0.05) is 12.6 Å². The van der Waals surface area contributed by atoms with E-state index in [-0.39, 0.29) is 18.4 Å². The SMILES string of the molecule is CC(=O)N1CC(C(=O)Nc2ccccc2Cc2ccccc2)Oc2ccccc21. The molecular formula is C24H22N2O3. The third-order valence-electron chi connectivity index (χ3n) is 4.96. The van der Waals surface area contributed by atoms with Crippen LogP contribution in [0.2, 0.25) is 0 Å².